The molecule has 6 amide bonds. The summed E-state index contributed by atoms with van der Waals surface area (Å²) in [6.45, 7) is 6.88. The molecule has 1 aromatic carbocycles. The fraction of sp³-hybridized carbons (Fsp3) is 0.531. The van der Waals surface area contributed by atoms with E-state index >= 15 is 0 Å². The molecule has 10 N–H and O–H groups in total. The van der Waals surface area contributed by atoms with Gasteiger partial charge in [0.25, 0.3) is 0 Å². The van der Waals surface area contributed by atoms with Crippen LogP contribution in [-0.2, 0) is 49.6 Å². The first-order chi connectivity index (χ1) is 23.7. The molecule has 0 aliphatic carbocycles. The Morgan fingerprint density at radius 1 is 0.588 bits per heavy atom. The number of hydrogen-bond donors (Lipinski definition) is 10. The molecular weight excluding hydrogens is 676 g/mol. The van der Waals surface area contributed by atoms with E-state index in [1.807, 2.05) is 0 Å². The maximum atomic E-state index is 13.2. The third-order valence-corrected chi connectivity index (χ3v) is 7.14. The summed E-state index contributed by atoms with van der Waals surface area (Å²) in [6, 6.07) is -1.17. The minimum Gasteiger partial charge on any atom is -0.481 e. The highest BCUT2D eigenvalue weighted by molar-refractivity contribution is 5.98. The van der Waals surface area contributed by atoms with Crippen molar-refractivity contribution in [3.8, 4) is 0 Å². The van der Waals surface area contributed by atoms with Gasteiger partial charge in [-0.05, 0) is 31.7 Å². The summed E-state index contributed by atoms with van der Waals surface area (Å²) in [7, 11) is 0. The Morgan fingerprint density at radius 3 is 1.49 bits per heavy atom. The van der Waals surface area contributed by atoms with Crippen LogP contribution in [0.5, 0.6) is 0 Å². The number of carbonyl (C=O) groups is 9. The summed E-state index contributed by atoms with van der Waals surface area (Å²) in [5, 5.41) is 51.7. The maximum Gasteiger partial charge on any atom is 0.326 e. The Bertz CT molecular complexity index is 1440. The molecule has 0 aromatic heterocycles. The molecule has 0 heterocycles. The van der Waals surface area contributed by atoms with E-state index in [2.05, 4.69) is 31.9 Å². The van der Waals surface area contributed by atoms with Gasteiger partial charge in [-0.15, -0.1) is 0 Å². The van der Waals surface area contributed by atoms with E-state index in [1.54, 1.807) is 44.2 Å². The first-order valence-corrected chi connectivity index (χ1v) is 15.9. The smallest absolute Gasteiger partial charge is 0.326 e. The van der Waals surface area contributed by atoms with Gasteiger partial charge < -0.3 is 52.3 Å². The normalized spacial score (nSPS) is 15.0. The molecule has 7 atom stereocenters. The van der Waals surface area contributed by atoms with Crippen molar-refractivity contribution in [1.29, 1.82) is 0 Å². The zero-order valence-corrected chi connectivity index (χ0v) is 28.8. The molecule has 1 rings (SSSR count). The number of aliphatic carboxylic acids is 3. The van der Waals surface area contributed by atoms with Crippen LogP contribution in [0.4, 0.5) is 0 Å². The summed E-state index contributed by atoms with van der Waals surface area (Å²) >= 11 is 0. The summed E-state index contributed by atoms with van der Waals surface area (Å²) < 4.78 is 0. The Morgan fingerprint density at radius 2 is 1.04 bits per heavy atom. The van der Waals surface area contributed by atoms with Gasteiger partial charge in [-0.25, -0.2) is 4.79 Å². The van der Waals surface area contributed by atoms with Crippen LogP contribution in [0.3, 0.4) is 0 Å². The standard InChI is InChI=1S/C32H46N6O13/c1-15(2)11-20(37-31(49)26(17(4)39)34-18(5)40)29(47)36-21(13-24(41)42)28(46)33-16(3)27(45)35-22(14-25(43)44)30(48)38-23(32(50)51)12-19-9-7-6-8-10-19/h6-10,15-17,20-23,26,39H,11-14H2,1-5H3,(H,33,46)(H,34,40)(H,35,45)(H,36,47)(H,37,49)(H,38,48)(H,41,42)(H,43,44)(H,50,51)/t16-,17+,20-,21-,22-,23-,26-/m0/s1. The monoisotopic (exact) mass is 722 g/mol. The summed E-state index contributed by atoms with van der Waals surface area (Å²) in [5.41, 5.74) is 0.551. The molecule has 0 radical (unpaired) electrons. The van der Waals surface area contributed by atoms with Gasteiger partial charge in [-0.1, -0.05) is 44.2 Å². The van der Waals surface area contributed by atoms with E-state index in [0.717, 1.165) is 13.8 Å². The number of hydrogen-bond acceptors (Lipinski definition) is 10. The lowest BCUT2D eigenvalue weighted by atomic mass is 10.0. The van der Waals surface area contributed by atoms with Crippen molar-refractivity contribution < 1.29 is 63.6 Å². The summed E-state index contributed by atoms with van der Waals surface area (Å²) in [6.07, 6.45) is -3.46. The number of carboxylic acid groups (broad SMARTS) is 3. The zero-order valence-electron chi connectivity index (χ0n) is 28.8. The number of aliphatic hydroxyl groups is 1. The molecule has 0 spiro atoms. The third kappa shape index (κ3) is 16.1. The molecule has 19 nitrogen and oxygen atoms in total. The van der Waals surface area contributed by atoms with Gasteiger partial charge in [0.2, 0.25) is 35.4 Å². The Balaban J connectivity index is 3.10. The lowest BCUT2D eigenvalue weighted by Crippen LogP contribution is -2.60. The van der Waals surface area contributed by atoms with Crippen molar-refractivity contribution in [3.63, 3.8) is 0 Å². The van der Waals surface area contributed by atoms with Crippen molar-refractivity contribution in [1.82, 2.24) is 31.9 Å². The molecule has 0 saturated carbocycles. The van der Waals surface area contributed by atoms with Crippen molar-refractivity contribution in [2.75, 3.05) is 0 Å². The largest absolute Gasteiger partial charge is 0.481 e. The zero-order chi connectivity index (χ0) is 39.0. The van der Waals surface area contributed by atoms with Crippen LogP contribution in [0, 0.1) is 5.92 Å². The highest BCUT2D eigenvalue weighted by Crippen LogP contribution is 2.09. The topological polar surface area (TPSA) is 307 Å². The lowest BCUT2D eigenvalue weighted by Gasteiger charge is -2.27. The fourth-order valence-electron chi connectivity index (χ4n) is 4.63. The molecule has 0 aliphatic heterocycles. The van der Waals surface area contributed by atoms with Crippen molar-refractivity contribution >= 4 is 53.4 Å². The first-order valence-electron chi connectivity index (χ1n) is 15.9. The quantitative estimate of drug-likeness (QED) is 0.0636. The number of carboxylic acids is 3. The van der Waals surface area contributed by atoms with E-state index in [0.29, 0.717) is 5.56 Å². The van der Waals surface area contributed by atoms with Gasteiger partial charge in [0, 0.05) is 13.3 Å². The number of amides is 6. The number of carbonyl (C=O) groups excluding carboxylic acids is 6. The van der Waals surface area contributed by atoms with Crippen LogP contribution in [0.2, 0.25) is 0 Å². The molecule has 0 bridgehead atoms. The predicted octanol–water partition coefficient (Wildman–Crippen LogP) is -2.36. The third-order valence-electron chi connectivity index (χ3n) is 7.14. The summed E-state index contributed by atoms with van der Waals surface area (Å²) in [4.78, 5) is 112. The SMILES string of the molecule is CC(=O)N[C@H](C(=O)N[C@@H](CC(C)C)C(=O)N[C@@H](CC(=O)O)C(=O)N[C@@H](C)C(=O)N[C@@H](CC(=O)O)C(=O)N[C@@H](Cc1ccccc1)C(=O)O)[C@@H](C)O. The van der Waals surface area contributed by atoms with E-state index < -0.39 is 109 Å². The number of rotatable bonds is 21. The van der Waals surface area contributed by atoms with Gasteiger partial charge in [0.05, 0.1) is 18.9 Å². The van der Waals surface area contributed by atoms with E-state index in [-0.39, 0.29) is 18.8 Å². The Kier molecular flexibility index (Phi) is 17.7. The average Bonchev–Trinajstić information content (AvgIpc) is 3.01. The summed E-state index contributed by atoms with van der Waals surface area (Å²) in [5.74, 6) is -10.7. The van der Waals surface area contributed by atoms with E-state index in [4.69, 9.17) is 0 Å². The van der Waals surface area contributed by atoms with Gasteiger partial charge >= 0.3 is 17.9 Å². The van der Waals surface area contributed by atoms with Crippen LogP contribution in [0.25, 0.3) is 0 Å². The van der Waals surface area contributed by atoms with Gasteiger partial charge in [0.1, 0.15) is 36.3 Å². The van der Waals surface area contributed by atoms with Crippen LogP contribution < -0.4 is 31.9 Å². The number of benzene rings is 1. The average molecular weight is 723 g/mol. The van der Waals surface area contributed by atoms with Gasteiger partial charge in [-0.2, -0.15) is 0 Å². The Labute approximate surface area is 293 Å². The Hall–Kier alpha value is -5.59. The lowest BCUT2D eigenvalue weighted by molar-refractivity contribution is -0.143. The van der Waals surface area contributed by atoms with Crippen LogP contribution in [0.15, 0.2) is 30.3 Å². The molecule has 19 heteroatoms. The van der Waals surface area contributed by atoms with Crippen molar-refractivity contribution in [3.05, 3.63) is 35.9 Å². The van der Waals surface area contributed by atoms with Gasteiger partial charge in [-0.3, -0.25) is 38.4 Å². The van der Waals surface area contributed by atoms with E-state index in [1.165, 1.54) is 6.92 Å². The molecule has 0 aliphatic rings. The van der Waals surface area contributed by atoms with Crippen molar-refractivity contribution in [2.24, 2.45) is 5.92 Å². The minimum atomic E-state index is -1.80. The number of aliphatic hydroxyl groups excluding tert-OH is 1. The maximum absolute atomic E-state index is 13.2. The molecular formula is C32H46N6O13. The molecule has 1 aromatic rings. The van der Waals surface area contributed by atoms with E-state index in [9.17, 15) is 63.6 Å². The second kappa shape index (κ2) is 20.8. The number of nitrogens with one attached hydrogen (secondary N) is 6. The minimum absolute atomic E-state index is 0.00843. The fourth-order valence-corrected chi connectivity index (χ4v) is 4.63. The highest BCUT2D eigenvalue weighted by atomic mass is 16.4. The van der Waals surface area contributed by atoms with Gasteiger partial charge in [0.15, 0.2) is 0 Å². The molecule has 0 saturated heterocycles. The second-order valence-corrected chi connectivity index (χ2v) is 12.2. The molecule has 51 heavy (non-hydrogen) atoms. The molecule has 0 unspecified atom stereocenters. The van der Waals surface area contributed by atoms with Crippen LogP contribution in [-0.4, -0.2) is 116 Å². The molecule has 0 fully saturated rings. The highest BCUT2D eigenvalue weighted by Gasteiger charge is 2.34. The second-order valence-electron chi connectivity index (χ2n) is 12.2. The van der Waals surface area contributed by atoms with Crippen molar-refractivity contribution in [2.45, 2.75) is 103 Å². The van der Waals surface area contributed by atoms with Crippen LogP contribution >= 0.6 is 0 Å². The van der Waals surface area contributed by atoms with Crippen LogP contribution in [0.1, 0.15) is 59.4 Å². The first kappa shape index (κ1) is 43.4. The predicted molar refractivity (Wildman–Crippen MR) is 176 cm³/mol. The molecule has 282 valence electrons.